The normalized spacial score (nSPS) is 23.4. The third-order valence-electron chi connectivity index (χ3n) is 3.97. The molecule has 0 radical (unpaired) electrons. The minimum absolute atomic E-state index is 0.0548. The standard InChI is InChI=1S/C17H16F3NO2S2/c1-12-7-9-14(10-8-12)25(22,23)21-15(16(21)17(18,19)20)11-24-13-5-3-2-4-6-13/h2-10,15-16H,11H2,1H3/t15-,16-,21?/m0/s1. The van der Waals surface area contributed by atoms with Crippen LogP contribution in [0.5, 0.6) is 0 Å². The number of halogens is 3. The molecular weight excluding hydrogens is 371 g/mol. The van der Waals surface area contributed by atoms with E-state index in [1.165, 1.54) is 23.9 Å². The quantitative estimate of drug-likeness (QED) is 0.573. The summed E-state index contributed by atoms with van der Waals surface area (Å²) in [6.45, 7) is 1.78. The molecule has 8 heteroatoms. The summed E-state index contributed by atoms with van der Waals surface area (Å²) in [6.07, 6.45) is -4.58. The van der Waals surface area contributed by atoms with Crippen molar-refractivity contribution in [3.63, 3.8) is 0 Å². The Balaban J connectivity index is 1.81. The highest BCUT2D eigenvalue weighted by Gasteiger charge is 2.67. The molecule has 0 aromatic heterocycles. The van der Waals surface area contributed by atoms with Gasteiger partial charge in [0.15, 0.2) is 0 Å². The maximum atomic E-state index is 13.3. The first-order chi connectivity index (χ1) is 11.7. The van der Waals surface area contributed by atoms with Crippen molar-refractivity contribution in [3.8, 4) is 0 Å². The highest BCUT2D eigenvalue weighted by molar-refractivity contribution is 7.99. The van der Waals surface area contributed by atoms with Gasteiger partial charge < -0.3 is 0 Å². The Morgan fingerprint density at radius 2 is 1.64 bits per heavy atom. The Morgan fingerprint density at radius 1 is 1.04 bits per heavy atom. The predicted molar refractivity (Wildman–Crippen MR) is 91.0 cm³/mol. The maximum Gasteiger partial charge on any atom is 0.406 e. The van der Waals surface area contributed by atoms with Crippen LogP contribution in [-0.4, -0.2) is 36.7 Å². The van der Waals surface area contributed by atoms with Gasteiger partial charge in [0, 0.05) is 10.6 Å². The first kappa shape index (κ1) is 18.3. The molecule has 0 saturated carbocycles. The van der Waals surface area contributed by atoms with Gasteiger partial charge in [-0.2, -0.15) is 17.5 Å². The number of rotatable bonds is 5. The monoisotopic (exact) mass is 387 g/mol. The van der Waals surface area contributed by atoms with E-state index in [0.717, 1.165) is 10.5 Å². The molecule has 1 fully saturated rings. The van der Waals surface area contributed by atoms with Crippen molar-refractivity contribution >= 4 is 21.8 Å². The van der Waals surface area contributed by atoms with Gasteiger partial charge in [0.1, 0.15) is 6.04 Å². The van der Waals surface area contributed by atoms with E-state index in [0.29, 0.717) is 4.31 Å². The first-order valence-corrected chi connectivity index (χ1v) is 9.98. The maximum absolute atomic E-state index is 13.3. The molecule has 1 heterocycles. The number of nitrogens with zero attached hydrogens (tertiary/aromatic N) is 1. The van der Waals surface area contributed by atoms with E-state index in [1.54, 1.807) is 43.3 Å². The van der Waals surface area contributed by atoms with Crippen molar-refractivity contribution in [2.24, 2.45) is 0 Å². The molecule has 1 unspecified atom stereocenters. The average Bonchev–Trinajstić information content (AvgIpc) is 3.30. The molecule has 2 aromatic rings. The Hall–Kier alpha value is -1.51. The van der Waals surface area contributed by atoms with Crippen LogP contribution in [0, 0.1) is 6.92 Å². The zero-order chi connectivity index (χ0) is 18.2. The molecule has 25 heavy (non-hydrogen) atoms. The lowest BCUT2D eigenvalue weighted by atomic mass is 10.2. The van der Waals surface area contributed by atoms with Gasteiger partial charge in [-0.1, -0.05) is 35.9 Å². The highest BCUT2D eigenvalue weighted by atomic mass is 32.2. The molecule has 134 valence electrons. The molecule has 3 rings (SSSR count). The lowest BCUT2D eigenvalue weighted by molar-refractivity contribution is -0.133. The fourth-order valence-electron chi connectivity index (χ4n) is 2.64. The Kier molecular flexibility index (Phi) is 4.87. The van der Waals surface area contributed by atoms with Crippen LogP contribution >= 0.6 is 11.8 Å². The Bertz CT molecular complexity index is 836. The molecule has 3 nitrogen and oxygen atoms in total. The molecule has 0 N–H and O–H groups in total. The number of thioether (sulfide) groups is 1. The summed E-state index contributed by atoms with van der Waals surface area (Å²) in [4.78, 5) is 0.697. The second-order valence-electron chi connectivity index (χ2n) is 5.83. The summed E-state index contributed by atoms with van der Waals surface area (Å²) in [6, 6.07) is 11.8. The average molecular weight is 387 g/mol. The van der Waals surface area contributed by atoms with E-state index in [9.17, 15) is 21.6 Å². The van der Waals surface area contributed by atoms with Gasteiger partial charge in [-0.05, 0) is 31.2 Å². The summed E-state index contributed by atoms with van der Waals surface area (Å²) >= 11 is 1.22. The van der Waals surface area contributed by atoms with E-state index < -0.39 is 28.3 Å². The van der Waals surface area contributed by atoms with Crippen LogP contribution in [0.4, 0.5) is 13.2 Å². The van der Waals surface area contributed by atoms with E-state index >= 15 is 0 Å². The van der Waals surface area contributed by atoms with Crippen molar-refractivity contribution in [1.29, 1.82) is 0 Å². The lowest BCUT2D eigenvalue weighted by Crippen LogP contribution is -2.24. The first-order valence-electron chi connectivity index (χ1n) is 7.56. The highest BCUT2D eigenvalue weighted by Crippen LogP contribution is 2.47. The number of alkyl halides is 3. The molecule has 1 aliphatic heterocycles. The van der Waals surface area contributed by atoms with Crippen LogP contribution in [0.15, 0.2) is 64.4 Å². The molecule has 2 aromatic carbocycles. The van der Waals surface area contributed by atoms with Crippen LogP contribution in [0.2, 0.25) is 0 Å². The van der Waals surface area contributed by atoms with Gasteiger partial charge in [0.2, 0.25) is 10.0 Å². The zero-order valence-electron chi connectivity index (χ0n) is 13.3. The fourth-order valence-corrected chi connectivity index (χ4v) is 5.57. The third-order valence-corrected chi connectivity index (χ3v) is 7.01. The largest absolute Gasteiger partial charge is 0.406 e. The van der Waals surface area contributed by atoms with Crippen LogP contribution in [0.3, 0.4) is 0 Å². The molecule has 3 atom stereocenters. The van der Waals surface area contributed by atoms with Gasteiger partial charge in [-0.25, -0.2) is 8.42 Å². The van der Waals surface area contributed by atoms with Crippen LogP contribution in [-0.2, 0) is 10.0 Å². The molecule has 0 bridgehead atoms. The van der Waals surface area contributed by atoms with Crippen molar-refractivity contribution < 1.29 is 21.6 Å². The van der Waals surface area contributed by atoms with Gasteiger partial charge in [0.05, 0.1) is 10.9 Å². The number of hydrogen-bond donors (Lipinski definition) is 0. The van der Waals surface area contributed by atoms with Crippen LogP contribution < -0.4 is 0 Å². The summed E-state index contributed by atoms with van der Waals surface area (Å²) in [5, 5.41) is 0. The van der Waals surface area contributed by atoms with E-state index in [1.807, 2.05) is 6.07 Å². The van der Waals surface area contributed by atoms with Crippen molar-refractivity contribution in [3.05, 3.63) is 60.2 Å². The zero-order valence-corrected chi connectivity index (χ0v) is 14.9. The number of hydrogen-bond acceptors (Lipinski definition) is 3. The molecular formula is C17H16F3NO2S2. The molecule has 1 aliphatic rings. The molecule has 1 saturated heterocycles. The number of sulfonamides is 1. The second-order valence-corrected chi connectivity index (χ2v) is 8.76. The topological polar surface area (TPSA) is 37.1 Å². The number of benzene rings is 2. The summed E-state index contributed by atoms with van der Waals surface area (Å²) < 4.78 is 65.6. The molecule has 0 spiro atoms. The van der Waals surface area contributed by atoms with Crippen LogP contribution in [0.1, 0.15) is 5.56 Å². The van der Waals surface area contributed by atoms with Crippen molar-refractivity contribution in [2.75, 3.05) is 5.75 Å². The third kappa shape index (κ3) is 3.86. The van der Waals surface area contributed by atoms with Gasteiger partial charge in [-0.15, -0.1) is 11.8 Å². The minimum Gasteiger partial charge on any atom is -0.207 e. The summed E-state index contributed by atoms with van der Waals surface area (Å²) in [7, 11) is -4.17. The van der Waals surface area contributed by atoms with E-state index in [4.69, 9.17) is 0 Å². The second kappa shape index (κ2) is 6.66. The minimum atomic E-state index is -4.58. The lowest BCUT2D eigenvalue weighted by Gasteiger charge is -2.08. The van der Waals surface area contributed by atoms with Crippen molar-refractivity contribution in [1.82, 2.24) is 4.31 Å². The van der Waals surface area contributed by atoms with Gasteiger partial charge in [0.25, 0.3) is 0 Å². The Labute approximate surface area is 148 Å². The summed E-state index contributed by atoms with van der Waals surface area (Å²) in [5.41, 5.74) is 0.841. The Morgan fingerprint density at radius 3 is 2.20 bits per heavy atom. The smallest absolute Gasteiger partial charge is 0.207 e. The number of aryl methyl sites for hydroxylation is 1. The fraction of sp³-hybridized carbons (Fsp3) is 0.294. The predicted octanol–water partition coefficient (Wildman–Crippen LogP) is 4.09. The molecule has 0 amide bonds. The molecule has 0 aliphatic carbocycles. The van der Waals surface area contributed by atoms with Crippen molar-refractivity contribution in [2.45, 2.75) is 35.0 Å². The SMILES string of the molecule is Cc1ccc(S(=O)(=O)N2[C@H](C(F)(F)F)[C@@H]2CSc2ccccc2)cc1. The van der Waals surface area contributed by atoms with Gasteiger partial charge in [-0.3, -0.25) is 0 Å². The van der Waals surface area contributed by atoms with Crippen LogP contribution in [0.25, 0.3) is 0 Å². The van der Waals surface area contributed by atoms with E-state index in [2.05, 4.69) is 0 Å². The summed E-state index contributed by atoms with van der Waals surface area (Å²) in [5.74, 6) is 0.0548. The van der Waals surface area contributed by atoms with E-state index in [-0.39, 0.29) is 10.6 Å². The van der Waals surface area contributed by atoms with Gasteiger partial charge >= 0.3 is 6.18 Å².